The van der Waals surface area contributed by atoms with Crippen molar-refractivity contribution >= 4 is 5.91 Å². The highest BCUT2D eigenvalue weighted by molar-refractivity contribution is 5.76. The molecule has 2 aliphatic heterocycles. The third-order valence-corrected chi connectivity index (χ3v) is 6.58. The van der Waals surface area contributed by atoms with Crippen LogP contribution in [0.15, 0.2) is 48.5 Å². The lowest BCUT2D eigenvalue weighted by Gasteiger charge is -2.35. The SMILES string of the molecule is Cc1ccc2c(c1)CN(CCC(=O)N1CCC(C(O)c3ccccc3)CC1)CC(C)O2. The van der Waals surface area contributed by atoms with E-state index in [1.54, 1.807) is 0 Å². The number of benzene rings is 2. The number of amides is 1. The number of hydrogen-bond donors (Lipinski definition) is 1. The number of aliphatic hydroxyl groups is 1. The van der Waals surface area contributed by atoms with Gasteiger partial charge in [-0.2, -0.15) is 0 Å². The highest BCUT2D eigenvalue weighted by atomic mass is 16.5. The molecule has 1 fully saturated rings. The van der Waals surface area contributed by atoms with Gasteiger partial charge in [-0.25, -0.2) is 0 Å². The van der Waals surface area contributed by atoms with E-state index in [0.717, 1.165) is 56.9 Å². The summed E-state index contributed by atoms with van der Waals surface area (Å²) < 4.78 is 6.08. The number of piperidine rings is 1. The molecule has 2 aromatic rings. The van der Waals surface area contributed by atoms with Crippen molar-refractivity contribution in [3.8, 4) is 5.75 Å². The number of hydrogen-bond acceptors (Lipinski definition) is 4. The maximum Gasteiger partial charge on any atom is 0.223 e. The maximum atomic E-state index is 12.9. The van der Waals surface area contributed by atoms with Crippen LogP contribution in [-0.4, -0.2) is 53.1 Å². The maximum absolute atomic E-state index is 12.9. The Morgan fingerprint density at radius 1 is 1.16 bits per heavy atom. The number of aliphatic hydroxyl groups excluding tert-OH is 1. The van der Waals surface area contributed by atoms with E-state index in [0.29, 0.717) is 6.42 Å². The summed E-state index contributed by atoms with van der Waals surface area (Å²) in [6.07, 6.45) is 1.89. The Labute approximate surface area is 185 Å². The van der Waals surface area contributed by atoms with Crippen LogP contribution in [0.2, 0.25) is 0 Å². The normalized spacial score (nSPS) is 21.1. The Bertz CT molecular complexity index is 877. The van der Waals surface area contributed by atoms with Gasteiger partial charge in [0.1, 0.15) is 11.9 Å². The van der Waals surface area contributed by atoms with Gasteiger partial charge in [0.15, 0.2) is 0 Å². The number of ether oxygens (including phenoxy) is 1. The topological polar surface area (TPSA) is 53.0 Å². The fourth-order valence-corrected chi connectivity index (χ4v) is 4.84. The van der Waals surface area contributed by atoms with E-state index in [-0.39, 0.29) is 17.9 Å². The molecule has 1 amide bonds. The van der Waals surface area contributed by atoms with Crippen molar-refractivity contribution < 1.29 is 14.6 Å². The summed E-state index contributed by atoms with van der Waals surface area (Å²) in [6.45, 7) is 8.04. The number of carbonyl (C=O) groups is 1. The van der Waals surface area contributed by atoms with Gasteiger partial charge in [0.25, 0.3) is 0 Å². The fourth-order valence-electron chi connectivity index (χ4n) is 4.84. The number of carbonyl (C=O) groups excluding carboxylic acids is 1. The average molecular weight is 423 g/mol. The van der Waals surface area contributed by atoms with Gasteiger partial charge in [-0.05, 0) is 44.2 Å². The zero-order valence-electron chi connectivity index (χ0n) is 18.7. The predicted molar refractivity (Wildman–Crippen MR) is 122 cm³/mol. The molecule has 0 bridgehead atoms. The molecule has 1 N–H and O–H groups in total. The Hall–Kier alpha value is -2.37. The van der Waals surface area contributed by atoms with E-state index in [4.69, 9.17) is 4.74 Å². The smallest absolute Gasteiger partial charge is 0.223 e. The Balaban J connectivity index is 1.27. The monoisotopic (exact) mass is 422 g/mol. The molecule has 0 radical (unpaired) electrons. The minimum Gasteiger partial charge on any atom is -0.489 e. The summed E-state index contributed by atoms with van der Waals surface area (Å²) in [5.41, 5.74) is 3.40. The van der Waals surface area contributed by atoms with Crippen LogP contribution in [-0.2, 0) is 11.3 Å². The molecule has 2 atom stereocenters. The molecule has 166 valence electrons. The highest BCUT2D eigenvalue weighted by Crippen LogP contribution is 2.31. The highest BCUT2D eigenvalue weighted by Gasteiger charge is 2.28. The summed E-state index contributed by atoms with van der Waals surface area (Å²) in [7, 11) is 0. The van der Waals surface area contributed by atoms with E-state index in [9.17, 15) is 9.90 Å². The molecule has 1 saturated heterocycles. The second-order valence-electron chi connectivity index (χ2n) is 9.10. The lowest BCUT2D eigenvalue weighted by molar-refractivity contribution is -0.133. The molecular formula is C26H34N2O3. The van der Waals surface area contributed by atoms with Crippen molar-refractivity contribution in [1.29, 1.82) is 0 Å². The van der Waals surface area contributed by atoms with E-state index in [1.807, 2.05) is 35.2 Å². The first-order chi connectivity index (χ1) is 15.0. The van der Waals surface area contributed by atoms with Gasteiger partial charge in [0, 0.05) is 44.7 Å². The number of likely N-dealkylation sites (tertiary alicyclic amines) is 1. The van der Waals surface area contributed by atoms with Gasteiger partial charge in [-0.1, -0.05) is 48.0 Å². The van der Waals surface area contributed by atoms with Crippen molar-refractivity contribution in [2.24, 2.45) is 5.92 Å². The molecular weight excluding hydrogens is 388 g/mol. The van der Waals surface area contributed by atoms with Gasteiger partial charge in [-0.15, -0.1) is 0 Å². The first kappa shape index (κ1) is 21.8. The number of aryl methyl sites for hydroxylation is 1. The van der Waals surface area contributed by atoms with Gasteiger partial charge in [-0.3, -0.25) is 9.69 Å². The summed E-state index contributed by atoms with van der Waals surface area (Å²) in [5.74, 6) is 1.40. The zero-order valence-corrected chi connectivity index (χ0v) is 18.7. The largest absolute Gasteiger partial charge is 0.489 e. The van der Waals surface area contributed by atoms with Crippen LogP contribution in [0.1, 0.15) is 49.0 Å². The molecule has 5 heteroatoms. The molecule has 0 aliphatic carbocycles. The van der Waals surface area contributed by atoms with Crippen LogP contribution < -0.4 is 4.74 Å². The van der Waals surface area contributed by atoms with Crippen molar-refractivity contribution in [3.63, 3.8) is 0 Å². The van der Waals surface area contributed by atoms with Crippen molar-refractivity contribution in [3.05, 3.63) is 65.2 Å². The van der Waals surface area contributed by atoms with Crippen molar-refractivity contribution in [2.45, 2.75) is 51.9 Å². The quantitative estimate of drug-likeness (QED) is 0.793. The number of fused-ring (bicyclic) bond motifs is 1. The van der Waals surface area contributed by atoms with Gasteiger partial charge in [0.2, 0.25) is 5.91 Å². The van der Waals surface area contributed by atoms with Crippen LogP contribution in [0.5, 0.6) is 5.75 Å². The van der Waals surface area contributed by atoms with Crippen LogP contribution in [0.4, 0.5) is 0 Å². The summed E-state index contributed by atoms with van der Waals surface area (Å²) in [4.78, 5) is 17.2. The third kappa shape index (κ3) is 5.46. The predicted octanol–water partition coefficient (Wildman–Crippen LogP) is 3.94. The molecule has 5 nitrogen and oxygen atoms in total. The van der Waals surface area contributed by atoms with E-state index in [1.165, 1.54) is 11.1 Å². The van der Waals surface area contributed by atoms with E-state index < -0.39 is 6.10 Å². The molecule has 2 aromatic carbocycles. The standard InChI is InChI=1S/C26H34N2O3/c1-19-8-9-24-23(16-19)18-27(17-20(2)31-24)13-12-25(29)28-14-10-22(11-15-28)26(30)21-6-4-3-5-7-21/h3-9,16,20,22,26,30H,10-15,17-18H2,1-2H3. The van der Waals surface area contributed by atoms with Crippen LogP contribution in [0, 0.1) is 12.8 Å². The summed E-state index contributed by atoms with van der Waals surface area (Å²) in [6, 6.07) is 16.2. The van der Waals surface area contributed by atoms with Gasteiger partial charge in [0.05, 0.1) is 6.10 Å². The molecule has 0 spiro atoms. The molecule has 4 rings (SSSR count). The second kappa shape index (κ2) is 9.84. The minimum atomic E-state index is -0.444. The Morgan fingerprint density at radius 3 is 2.65 bits per heavy atom. The van der Waals surface area contributed by atoms with Crippen molar-refractivity contribution in [2.75, 3.05) is 26.2 Å². The minimum absolute atomic E-state index is 0.106. The molecule has 2 aliphatic rings. The average Bonchev–Trinajstić information content (AvgIpc) is 2.95. The van der Waals surface area contributed by atoms with Crippen molar-refractivity contribution in [1.82, 2.24) is 9.80 Å². The summed E-state index contributed by atoms with van der Waals surface area (Å²) in [5, 5.41) is 10.7. The van der Waals surface area contributed by atoms with Gasteiger partial charge >= 0.3 is 0 Å². The van der Waals surface area contributed by atoms with E-state index in [2.05, 4.69) is 36.9 Å². The zero-order chi connectivity index (χ0) is 21.8. The van der Waals surface area contributed by atoms with Gasteiger partial charge < -0.3 is 14.7 Å². The van der Waals surface area contributed by atoms with Crippen LogP contribution in [0.3, 0.4) is 0 Å². The van der Waals surface area contributed by atoms with E-state index >= 15 is 0 Å². The lowest BCUT2D eigenvalue weighted by atomic mass is 9.87. The molecule has 2 heterocycles. The second-order valence-corrected chi connectivity index (χ2v) is 9.10. The molecule has 31 heavy (non-hydrogen) atoms. The Kier molecular flexibility index (Phi) is 6.93. The molecule has 0 saturated carbocycles. The van der Waals surface area contributed by atoms with Crippen LogP contribution in [0.25, 0.3) is 0 Å². The third-order valence-electron chi connectivity index (χ3n) is 6.58. The Morgan fingerprint density at radius 2 is 1.90 bits per heavy atom. The lowest BCUT2D eigenvalue weighted by Crippen LogP contribution is -2.41. The fraction of sp³-hybridized carbons (Fsp3) is 0.500. The van der Waals surface area contributed by atoms with Crippen LogP contribution >= 0.6 is 0 Å². The number of nitrogens with zero attached hydrogens (tertiary/aromatic N) is 2. The molecule has 0 aromatic heterocycles. The molecule has 2 unspecified atom stereocenters. The first-order valence-electron chi connectivity index (χ1n) is 11.5. The summed E-state index contributed by atoms with van der Waals surface area (Å²) >= 11 is 0. The first-order valence-corrected chi connectivity index (χ1v) is 11.5. The number of rotatable bonds is 5.